The average molecular weight is 357 g/mol. The molecule has 1 aliphatic rings. The summed E-state index contributed by atoms with van der Waals surface area (Å²) in [5.74, 6) is -0.177. The zero-order valence-electron chi connectivity index (χ0n) is 15.3. The van der Waals surface area contributed by atoms with E-state index >= 15 is 0 Å². The summed E-state index contributed by atoms with van der Waals surface area (Å²) in [5, 5.41) is 8.11. The summed E-state index contributed by atoms with van der Waals surface area (Å²) < 4.78 is 6.60. The van der Waals surface area contributed by atoms with E-state index in [2.05, 4.69) is 16.4 Å². The molecule has 0 unspecified atom stereocenters. The Labute approximate surface area is 152 Å². The number of hydrogen-bond acceptors (Lipinski definition) is 5. The second-order valence-corrected chi connectivity index (χ2v) is 6.37. The summed E-state index contributed by atoms with van der Waals surface area (Å²) in [6.45, 7) is 7.97. The first-order valence-electron chi connectivity index (χ1n) is 8.70. The lowest BCUT2D eigenvalue weighted by Gasteiger charge is -2.33. The van der Waals surface area contributed by atoms with Crippen LogP contribution in [0, 0.1) is 13.8 Å². The van der Waals surface area contributed by atoms with Gasteiger partial charge in [-0.1, -0.05) is 11.3 Å². The van der Waals surface area contributed by atoms with Crippen LogP contribution in [0.4, 0.5) is 4.79 Å². The number of carbonyl (C=O) groups excluding carboxylic acids is 2. The summed E-state index contributed by atoms with van der Waals surface area (Å²) in [6, 6.07) is 6.07. The third-order valence-electron chi connectivity index (χ3n) is 4.28. The maximum absolute atomic E-state index is 12.7. The van der Waals surface area contributed by atoms with Gasteiger partial charge in [-0.05, 0) is 44.0 Å². The van der Waals surface area contributed by atoms with Crippen LogP contribution in [-0.2, 0) is 4.74 Å². The number of piperazine rings is 1. The molecule has 0 atom stereocenters. The molecule has 1 aromatic carbocycles. The topological polar surface area (TPSA) is 80.6 Å². The van der Waals surface area contributed by atoms with Crippen LogP contribution in [0.2, 0.25) is 0 Å². The van der Waals surface area contributed by atoms with E-state index in [4.69, 9.17) is 4.74 Å². The molecule has 1 aromatic heterocycles. The number of aryl methyl sites for hydroxylation is 2. The minimum atomic E-state index is -0.333. The van der Waals surface area contributed by atoms with Gasteiger partial charge in [0.1, 0.15) is 0 Å². The van der Waals surface area contributed by atoms with E-state index in [0.29, 0.717) is 38.5 Å². The third kappa shape index (κ3) is 3.84. The number of ether oxygens (including phenoxy) is 1. The van der Waals surface area contributed by atoms with E-state index < -0.39 is 0 Å². The number of aromatic nitrogens is 3. The molecule has 3 rings (SSSR count). The highest BCUT2D eigenvalue weighted by atomic mass is 16.6. The smallest absolute Gasteiger partial charge is 0.409 e. The summed E-state index contributed by atoms with van der Waals surface area (Å²) in [4.78, 5) is 27.7. The minimum Gasteiger partial charge on any atom is -0.450 e. The molecule has 8 nitrogen and oxygen atoms in total. The van der Waals surface area contributed by atoms with Crippen LogP contribution in [-0.4, -0.2) is 69.6 Å². The fourth-order valence-corrected chi connectivity index (χ4v) is 3.04. The van der Waals surface area contributed by atoms with Crippen molar-refractivity contribution >= 4 is 12.0 Å². The predicted octanol–water partition coefficient (Wildman–Crippen LogP) is 1.80. The Bertz CT molecular complexity index is 789. The number of rotatable bonds is 3. The van der Waals surface area contributed by atoms with Crippen molar-refractivity contribution < 1.29 is 14.3 Å². The molecule has 2 aromatic rings. The largest absolute Gasteiger partial charge is 0.450 e. The standard InChI is InChI=1S/C18H23N5O3/c1-4-26-18(25)22-7-5-21(6-8-22)17(24)16-12-23(20-19-16)15-10-13(2)9-14(3)11-15/h9-12H,4-8H2,1-3H3. The van der Waals surface area contributed by atoms with Gasteiger partial charge in [0.15, 0.2) is 5.69 Å². The molecule has 2 heterocycles. The van der Waals surface area contributed by atoms with Crippen LogP contribution in [0.1, 0.15) is 28.5 Å². The Balaban J connectivity index is 1.66. The number of benzene rings is 1. The van der Waals surface area contributed by atoms with E-state index in [1.54, 1.807) is 27.6 Å². The van der Waals surface area contributed by atoms with Gasteiger partial charge in [-0.25, -0.2) is 9.48 Å². The molecule has 0 bridgehead atoms. The highest BCUT2D eigenvalue weighted by molar-refractivity contribution is 5.92. The van der Waals surface area contributed by atoms with Crippen molar-refractivity contribution in [2.24, 2.45) is 0 Å². The van der Waals surface area contributed by atoms with Crippen molar-refractivity contribution in [1.29, 1.82) is 0 Å². The fraction of sp³-hybridized carbons (Fsp3) is 0.444. The average Bonchev–Trinajstić information content (AvgIpc) is 3.11. The lowest BCUT2D eigenvalue weighted by molar-refractivity contribution is 0.0566. The van der Waals surface area contributed by atoms with Gasteiger partial charge < -0.3 is 14.5 Å². The molecule has 1 aliphatic heterocycles. The molecule has 1 fully saturated rings. The predicted molar refractivity (Wildman–Crippen MR) is 95.3 cm³/mol. The molecular formula is C18H23N5O3. The maximum Gasteiger partial charge on any atom is 0.409 e. The van der Waals surface area contributed by atoms with Crippen LogP contribution in [0.15, 0.2) is 24.4 Å². The molecule has 8 heteroatoms. The van der Waals surface area contributed by atoms with Gasteiger partial charge in [0, 0.05) is 26.2 Å². The maximum atomic E-state index is 12.7. The van der Waals surface area contributed by atoms with Crippen molar-refractivity contribution in [3.63, 3.8) is 0 Å². The summed E-state index contributed by atoms with van der Waals surface area (Å²) in [6.07, 6.45) is 1.31. The SMILES string of the molecule is CCOC(=O)N1CCN(C(=O)c2cn(-c3cc(C)cc(C)c3)nn2)CC1. The summed E-state index contributed by atoms with van der Waals surface area (Å²) in [7, 11) is 0. The monoisotopic (exact) mass is 357 g/mol. The van der Waals surface area contributed by atoms with Crippen molar-refractivity contribution in [2.45, 2.75) is 20.8 Å². The zero-order chi connectivity index (χ0) is 18.7. The number of hydrogen-bond donors (Lipinski definition) is 0. The van der Waals surface area contributed by atoms with E-state index in [1.165, 1.54) is 0 Å². The highest BCUT2D eigenvalue weighted by Crippen LogP contribution is 2.14. The van der Waals surface area contributed by atoms with Gasteiger partial charge in [-0.3, -0.25) is 4.79 Å². The molecule has 0 spiro atoms. The second-order valence-electron chi connectivity index (χ2n) is 6.37. The zero-order valence-corrected chi connectivity index (χ0v) is 15.3. The lowest BCUT2D eigenvalue weighted by Crippen LogP contribution is -2.50. The quantitative estimate of drug-likeness (QED) is 0.837. The molecule has 26 heavy (non-hydrogen) atoms. The minimum absolute atomic E-state index is 0.177. The van der Waals surface area contributed by atoms with Gasteiger partial charge in [0.2, 0.25) is 0 Å². The van der Waals surface area contributed by atoms with Crippen LogP contribution >= 0.6 is 0 Å². The van der Waals surface area contributed by atoms with Gasteiger partial charge in [0.25, 0.3) is 5.91 Å². The Hall–Kier alpha value is -2.90. The Morgan fingerprint density at radius 2 is 1.65 bits per heavy atom. The number of nitrogens with zero attached hydrogens (tertiary/aromatic N) is 5. The van der Waals surface area contributed by atoms with Gasteiger partial charge >= 0.3 is 6.09 Å². The van der Waals surface area contributed by atoms with E-state index in [9.17, 15) is 9.59 Å². The Morgan fingerprint density at radius 3 is 2.27 bits per heavy atom. The molecule has 1 saturated heterocycles. The number of amides is 2. The molecule has 0 aliphatic carbocycles. The molecular weight excluding hydrogens is 334 g/mol. The molecule has 0 saturated carbocycles. The molecule has 138 valence electrons. The number of carbonyl (C=O) groups is 2. The normalized spacial score (nSPS) is 14.4. The first-order valence-corrected chi connectivity index (χ1v) is 8.70. The van der Waals surface area contributed by atoms with Crippen molar-refractivity contribution in [1.82, 2.24) is 24.8 Å². The first kappa shape index (κ1) is 17.9. The lowest BCUT2D eigenvalue weighted by atomic mass is 10.1. The first-order chi connectivity index (χ1) is 12.5. The van der Waals surface area contributed by atoms with Crippen molar-refractivity contribution in [3.8, 4) is 5.69 Å². The highest BCUT2D eigenvalue weighted by Gasteiger charge is 2.27. The second kappa shape index (κ2) is 7.55. The van der Waals surface area contributed by atoms with Gasteiger partial charge in [-0.2, -0.15) is 0 Å². The van der Waals surface area contributed by atoms with E-state index in [-0.39, 0.29) is 12.0 Å². The van der Waals surface area contributed by atoms with Crippen molar-refractivity contribution in [2.75, 3.05) is 32.8 Å². The van der Waals surface area contributed by atoms with E-state index in [1.807, 2.05) is 26.0 Å². The van der Waals surface area contributed by atoms with E-state index in [0.717, 1.165) is 16.8 Å². The summed E-state index contributed by atoms with van der Waals surface area (Å²) in [5.41, 5.74) is 3.42. The molecule has 0 N–H and O–H groups in total. The summed E-state index contributed by atoms with van der Waals surface area (Å²) >= 11 is 0. The van der Waals surface area contributed by atoms with Gasteiger partial charge in [0.05, 0.1) is 18.5 Å². The van der Waals surface area contributed by atoms with Crippen LogP contribution in [0.5, 0.6) is 0 Å². The van der Waals surface area contributed by atoms with Crippen LogP contribution < -0.4 is 0 Å². The Morgan fingerprint density at radius 1 is 1.04 bits per heavy atom. The van der Waals surface area contributed by atoms with Crippen LogP contribution in [0.25, 0.3) is 5.69 Å². The molecule has 0 radical (unpaired) electrons. The third-order valence-corrected chi connectivity index (χ3v) is 4.28. The fourth-order valence-electron chi connectivity index (χ4n) is 3.04. The van der Waals surface area contributed by atoms with Crippen molar-refractivity contribution in [3.05, 3.63) is 41.2 Å². The molecule has 2 amide bonds. The van der Waals surface area contributed by atoms with Gasteiger partial charge in [-0.15, -0.1) is 5.10 Å². The van der Waals surface area contributed by atoms with Crippen LogP contribution in [0.3, 0.4) is 0 Å². The Kier molecular flexibility index (Phi) is 5.20.